The van der Waals surface area contributed by atoms with Gasteiger partial charge < -0.3 is 15.4 Å². The van der Waals surface area contributed by atoms with E-state index in [0.29, 0.717) is 13.0 Å². The highest BCUT2D eigenvalue weighted by Crippen LogP contribution is 2.23. The molecule has 0 radical (unpaired) electrons. The van der Waals surface area contributed by atoms with Crippen LogP contribution in [0.4, 0.5) is 5.69 Å². The third kappa shape index (κ3) is 4.24. The Morgan fingerprint density at radius 2 is 1.76 bits per heavy atom. The van der Waals surface area contributed by atoms with Crippen molar-refractivity contribution in [3.63, 3.8) is 0 Å². The average molecular weight is 283 g/mol. The highest BCUT2D eigenvalue weighted by Gasteiger charge is 2.10. The van der Waals surface area contributed by atoms with Crippen LogP contribution < -0.4 is 15.4 Å². The molecule has 0 aromatic heterocycles. The Bertz CT molecular complexity index is 584. The van der Waals surface area contributed by atoms with E-state index in [1.54, 1.807) is 7.11 Å². The van der Waals surface area contributed by atoms with Gasteiger partial charge in [0.1, 0.15) is 5.75 Å². The highest BCUT2D eigenvalue weighted by atomic mass is 16.5. The molecule has 2 rings (SSSR count). The molecule has 0 fully saturated rings. The van der Waals surface area contributed by atoms with Crippen molar-refractivity contribution in [2.75, 3.05) is 18.6 Å². The van der Waals surface area contributed by atoms with Gasteiger partial charge in [-0.2, -0.15) is 0 Å². The maximum atomic E-state index is 7.43. The Hall–Kier alpha value is -2.49. The van der Waals surface area contributed by atoms with Gasteiger partial charge in [-0.05, 0) is 18.2 Å². The van der Waals surface area contributed by atoms with Crippen molar-refractivity contribution in [1.29, 1.82) is 5.41 Å². The first-order chi connectivity index (χ1) is 10.2. The summed E-state index contributed by atoms with van der Waals surface area (Å²) in [5.74, 6) is 1.08. The number of ether oxygens (including phenoxy) is 1. The van der Waals surface area contributed by atoms with Gasteiger partial charge in [-0.15, -0.1) is 0 Å². The predicted molar refractivity (Wildman–Crippen MR) is 87.0 cm³/mol. The standard InChI is InChI=1S/C17H21N3O/c1-21-16-10-6-5-7-14(16)13-20(12-11-17(18)19)15-8-3-2-4-9-15/h2-10H,11-13H2,1H3,(H3,18,19). The Labute approximate surface area is 125 Å². The molecule has 0 heterocycles. The van der Waals surface area contributed by atoms with Crippen LogP contribution in [0.3, 0.4) is 0 Å². The molecule has 0 amide bonds. The molecule has 0 unspecified atom stereocenters. The normalized spacial score (nSPS) is 10.1. The van der Waals surface area contributed by atoms with Gasteiger partial charge in [0.2, 0.25) is 0 Å². The molecule has 2 aromatic carbocycles. The summed E-state index contributed by atoms with van der Waals surface area (Å²) >= 11 is 0. The van der Waals surface area contributed by atoms with Crippen LogP contribution in [0.2, 0.25) is 0 Å². The van der Waals surface area contributed by atoms with Crippen molar-refractivity contribution in [2.45, 2.75) is 13.0 Å². The van der Waals surface area contributed by atoms with Crippen molar-refractivity contribution in [3.8, 4) is 5.75 Å². The van der Waals surface area contributed by atoms with Gasteiger partial charge in [-0.1, -0.05) is 36.4 Å². The minimum Gasteiger partial charge on any atom is -0.496 e. The smallest absolute Gasteiger partial charge is 0.123 e. The Morgan fingerprint density at radius 3 is 2.43 bits per heavy atom. The van der Waals surface area contributed by atoms with E-state index in [1.165, 1.54) is 0 Å². The molecule has 0 aliphatic rings. The van der Waals surface area contributed by atoms with E-state index >= 15 is 0 Å². The lowest BCUT2D eigenvalue weighted by atomic mass is 10.1. The second-order valence-electron chi connectivity index (χ2n) is 4.84. The maximum Gasteiger partial charge on any atom is 0.123 e. The number of hydrogen-bond acceptors (Lipinski definition) is 3. The fourth-order valence-electron chi connectivity index (χ4n) is 2.23. The number of rotatable bonds is 7. The fourth-order valence-corrected chi connectivity index (χ4v) is 2.23. The summed E-state index contributed by atoms with van der Waals surface area (Å²) in [5.41, 5.74) is 7.73. The Morgan fingerprint density at radius 1 is 1.10 bits per heavy atom. The van der Waals surface area contributed by atoms with Crippen LogP contribution in [0, 0.1) is 5.41 Å². The van der Waals surface area contributed by atoms with Crippen molar-refractivity contribution < 1.29 is 4.74 Å². The molecule has 21 heavy (non-hydrogen) atoms. The minimum absolute atomic E-state index is 0.205. The number of para-hydroxylation sites is 2. The molecule has 0 saturated heterocycles. The quantitative estimate of drug-likeness (QED) is 0.606. The number of nitrogens with one attached hydrogen (secondary N) is 1. The third-order valence-corrected chi connectivity index (χ3v) is 3.33. The zero-order valence-electron chi connectivity index (χ0n) is 12.3. The van der Waals surface area contributed by atoms with Crippen LogP contribution in [-0.2, 0) is 6.54 Å². The van der Waals surface area contributed by atoms with E-state index in [-0.39, 0.29) is 5.84 Å². The summed E-state index contributed by atoms with van der Waals surface area (Å²) in [7, 11) is 1.68. The molecule has 0 saturated carbocycles. The van der Waals surface area contributed by atoms with Crippen molar-refractivity contribution in [2.24, 2.45) is 5.73 Å². The third-order valence-electron chi connectivity index (χ3n) is 3.33. The summed E-state index contributed by atoms with van der Waals surface area (Å²) in [5, 5.41) is 7.43. The van der Waals surface area contributed by atoms with E-state index in [2.05, 4.69) is 23.1 Å². The van der Waals surface area contributed by atoms with Crippen LogP contribution in [0.1, 0.15) is 12.0 Å². The average Bonchev–Trinajstić information content (AvgIpc) is 2.52. The lowest BCUT2D eigenvalue weighted by Gasteiger charge is -2.25. The van der Waals surface area contributed by atoms with Gasteiger partial charge in [0.15, 0.2) is 0 Å². The molecule has 4 nitrogen and oxygen atoms in total. The number of hydrogen-bond donors (Lipinski definition) is 2. The topological polar surface area (TPSA) is 62.3 Å². The first-order valence-electron chi connectivity index (χ1n) is 6.95. The van der Waals surface area contributed by atoms with Crippen LogP contribution in [0.5, 0.6) is 5.75 Å². The largest absolute Gasteiger partial charge is 0.496 e. The number of amidine groups is 1. The molecule has 110 valence electrons. The highest BCUT2D eigenvalue weighted by molar-refractivity contribution is 5.77. The molecular weight excluding hydrogens is 262 g/mol. The van der Waals surface area contributed by atoms with E-state index in [4.69, 9.17) is 15.9 Å². The summed E-state index contributed by atoms with van der Waals surface area (Å²) in [4.78, 5) is 2.21. The first kappa shape index (κ1) is 14.9. The van der Waals surface area contributed by atoms with Crippen molar-refractivity contribution in [1.82, 2.24) is 0 Å². The van der Waals surface area contributed by atoms with Gasteiger partial charge >= 0.3 is 0 Å². The van der Waals surface area contributed by atoms with E-state index in [0.717, 1.165) is 23.5 Å². The fraction of sp³-hybridized carbons (Fsp3) is 0.235. The second-order valence-corrected chi connectivity index (χ2v) is 4.84. The SMILES string of the molecule is COc1ccccc1CN(CCC(=N)N)c1ccccc1. The van der Waals surface area contributed by atoms with Gasteiger partial charge in [0.25, 0.3) is 0 Å². The molecule has 3 N–H and O–H groups in total. The lowest BCUT2D eigenvalue weighted by Crippen LogP contribution is -2.27. The molecule has 0 atom stereocenters. The van der Waals surface area contributed by atoms with Crippen molar-refractivity contribution >= 4 is 11.5 Å². The first-order valence-corrected chi connectivity index (χ1v) is 6.95. The van der Waals surface area contributed by atoms with Gasteiger partial charge in [0, 0.05) is 30.8 Å². The number of nitrogens with zero attached hydrogens (tertiary/aromatic N) is 1. The maximum absolute atomic E-state index is 7.43. The molecule has 2 aromatic rings. The van der Waals surface area contributed by atoms with Crippen LogP contribution in [0.25, 0.3) is 0 Å². The molecule has 0 spiro atoms. The van der Waals surface area contributed by atoms with Crippen molar-refractivity contribution in [3.05, 3.63) is 60.2 Å². The summed E-state index contributed by atoms with van der Waals surface area (Å²) < 4.78 is 5.41. The minimum atomic E-state index is 0.205. The van der Waals surface area contributed by atoms with Gasteiger partial charge in [-0.25, -0.2) is 0 Å². The van der Waals surface area contributed by atoms with E-state index in [1.807, 2.05) is 36.4 Å². The zero-order valence-corrected chi connectivity index (χ0v) is 12.3. The number of benzene rings is 2. The Balaban J connectivity index is 2.21. The molecular formula is C17H21N3O. The van der Waals surface area contributed by atoms with E-state index in [9.17, 15) is 0 Å². The number of anilines is 1. The Kier molecular flexibility index (Phi) is 5.21. The predicted octanol–water partition coefficient (Wildman–Crippen LogP) is 3.03. The molecule has 0 bridgehead atoms. The van der Waals surface area contributed by atoms with E-state index < -0.39 is 0 Å². The van der Waals surface area contributed by atoms with Gasteiger partial charge in [0.05, 0.1) is 12.9 Å². The summed E-state index contributed by atoms with van der Waals surface area (Å²) in [6, 6.07) is 18.1. The van der Waals surface area contributed by atoms with Crippen LogP contribution in [-0.4, -0.2) is 19.5 Å². The summed E-state index contributed by atoms with van der Waals surface area (Å²) in [6.07, 6.45) is 0.546. The second kappa shape index (κ2) is 7.33. The number of methoxy groups -OCH3 is 1. The lowest BCUT2D eigenvalue weighted by molar-refractivity contribution is 0.409. The number of nitrogens with two attached hydrogens (primary N) is 1. The zero-order chi connectivity index (χ0) is 15.1. The molecule has 0 aliphatic heterocycles. The monoisotopic (exact) mass is 283 g/mol. The summed E-state index contributed by atoms with van der Waals surface area (Å²) in [6.45, 7) is 1.43. The van der Waals surface area contributed by atoms with Gasteiger partial charge in [-0.3, -0.25) is 5.41 Å². The molecule has 4 heteroatoms. The molecule has 0 aliphatic carbocycles. The van der Waals surface area contributed by atoms with Crippen LogP contribution >= 0.6 is 0 Å². The van der Waals surface area contributed by atoms with Crippen LogP contribution in [0.15, 0.2) is 54.6 Å².